The van der Waals surface area contributed by atoms with Crippen molar-refractivity contribution in [3.63, 3.8) is 0 Å². The monoisotopic (exact) mass is 290 g/mol. The molecule has 1 aromatic heterocycles. The van der Waals surface area contributed by atoms with Crippen molar-refractivity contribution in [3.05, 3.63) is 30.0 Å². The Kier molecular flexibility index (Phi) is 4.85. The maximum Gasteiger partial charge on any atom is 0.268 e. The van der Waals surface area contributed by atoms with Gasteiger partial charge in [0.2, 0.25) is 0 Å². The van der Waals surface area contributed by atoms with E-state index in [0.717, 1.165) is 23.1 Å². The van der Waals surface area contributed by atoms with E-state index in [1.807, 2.05) is 32.0 Å². The Morgan fingerprint density at radius 3 is 2.86 bits per heavy atom. The van der Waals surface area contributed by atoms with Crippen LogP contribution in [-0.2, 0) is 0 Å². The molecule has 0 aliphatic rings. The number of aliphatic hydroxyl groups is 1. The van der Waals surface area contributed by atoms with E-state index >= 15 is 0 Å². The van der Waals surface area contributed by atoms with Crippen LogP contribution in [0.1, 0.15) is 30.8 Å². The number of benzene rings is 1. The Bertz CT molecular complexity index is 621. The maximum absolute atomic E-state index is 12.3. The minimum atomic E-state index is -0.240. The van der Waals surface area contributed by atoms with Crippen molar-refractivity contribution in [1.29, 1.82) is 0 Å². The largest absolute Gasteiger partial charge is 0.496 e. The maximum atomic E-state index is 12.3. The normalized spacial score (nSPS) is 13.9. The summed E-state index contributed by atoms with van der Waals surface area (Å²) in [6.45, 7) is 3.98. The van der Waals surface area contributed by atoms with Crippen LogP contribution in [0.3, 0.4) is 0 Å². The van der Waals surface area contributed by atoms with Gasteiger partial charge < -0.3 is 20.1 Å². The standard InChI is InChI=1S/C16H22N2O3/c1-4-10(2)14(9-19)18-16(20)13-8-11-12(17-13)6-5-7-15(11)21-3/h5-8,10,14,17,19H,4,9H2,1-3H3,(H,18,20)/t10-,14-/m1/s1. The van der Waals surface area contributed by atoms with Crippen LogP contribution in [0.2, 0.25) is 0 Å². The van der Waals surface area contributed by atoms with E-state index in [1.54, 1.807) is 13.2 Å². The molecule has 3 N–H and O–H groups in total. The molecule has 0 aliphatic carbocycles. The molecule has 114 valence electrons. The second-order valence-corrected chi connectivity index (χ2v) is 5.25. The van der Waals surface area contributed by atoms with E-state index in [1.165, 1.54) is 0 Å². The molecule has 0 aliphatic heterocycles. The van der Waals surface area contributed by atoms with Gasteiger partial charge in [-0.3, -0.25) is 4.79 Å². The second-order valence-electron chi connectivity index (χ2n) is 5.25. The van der Waals surface area contributed by atoms with Gasteiger partial charge >= 0.3 is 0 Å². The zero-order valence-corrected chi connectivity index (χ0v) is 12.6. The molecule has 5 nitrogen and oxygen atoms in total. The third-order valence-electron chi connectivity index (χ3n) is 3.93. The molecule has 2 aromatic rings. The fourth-order valence-corrected chi connectivity index (χ4v) is 2.33. The molecule has 0 saturated carbocycles. The molecule has 0 fully saturated rings. The summed E-state index contributed by atoms with van der Waals surface area (Å²) in [7, 11) is 1.60. The Labute approximate surface area is 124 Å². The first-order valence-corrected chi connectivity index (χ1v) is 7.18. The highest BCUT2D eigenvalue weighted by Gasteiger charge is 2.19. The third-order valence-corrected chi connectivity index (χ3v) is 3.93. The van der Waals surface area contributed by atoms with Gasteiger partial charge in [0.1, 0.15) is 11.4 Å². The summed E-state index contributed by atoms with van der Waals surface area (Å²) in [5.41, 5.74) is 1.32. The molecule has 21 heavy (non-hydrogen) atoms. The van der Waals surface area contributed by atoms with E-state index in [-0.39, 0.29) is 24.5 Å². The number of hydrogen-bond donors (Lipinski definition) is 3. The van der Waals surface area contributed by atoms with Gasteiger partial charge in [-0.15, -0.1) is 0 Å². The van der Waals surface area contributed by atoms with Crippen molar-refractivity contribution >= 4 is 16.8 Å². The van der Waals surface area contributed by atoms with Gasteiger partial charge in [0.05, 0.1) is 19.8 Å². The predicted molar refractivity (Wildman–Crippen MR) is 82.6 cm³/mol. The minimum absolute atomic E-state index is 0.0652. The predicted octanol–water partition coefficient (Wildman–Crippen LogP) is 2.31. The molecule has 1 amide bonds. The van der Waals surface area contributed by atoms with Crippen molar-refractivity contribution in [1.82, 2.24) is 10.3 Å². The van der Waals surface area contributed by atoms with Gasteiger partial charge in [0.25, 0.3) is 5.91 Å². The van der Waals surface area contributed by atoms with Crippen molar-refractivity contribution in [2.45, 2.75) is 26.3 Å². The number of H-pyrrole nitrogens is 1. The highest BCUT2D eigenvalue weighted by atomic mass is 16.5. The fraction of sp³-hybridized carbons (Fsp3) is 0.438. The molecule has 0 unspecified atom stereocenters. The van der Waals surface area contributed by atoms with Gasteiger partial charge in [-0.05, 0) is 24.1 Å². The summed E-state index contributed by atoms with van der Waals surface area (Å²) in [4.78, 5) is 15.4. The lowest BCUT2D eigenvalue weighted by atomic mass is 10.00. The molecular formula is C16H22N2O3. The highest BCUT2D eigenvalue weighted by Crippen LogP contribution is 2.26. The van der Waals surface area contributed by atoms with E-state index < -0.39 is 0 Å². The average molecular weight is 290 g/mol. The number of amides is 1. The summed E-state index contributed by atoms with van der Waals surface area (Å²) in [5.74, 6) is 0.730. The van der Waals surface area contributed by atoms with Crippen LogP contribution in [0.5, 0.6) is 5.75 Å². The van der Waals surface area contributed by atoms with Gasteiger partial charge in [-0.25, -0.2) is 0 Å². The van der Waals surface area contributed by atoms with Crippen molar-refractivity contribution < 1.29 is 14.6 Å². The molecule has 1 aromatic carbocycles. The van der Waals surface area contributed by atoms with Crippen molar-refractivity contribution in [2.75, 3.05) is 13.7 Å². The Morgan fingerprint density at radius 2 is 2.24 bits per heavy atom. The lowest BCUT2D eigenvalue weighted by molar-refractivity contribution is 0.0887. The van der Waals surface area contributed by atoms with Crippen molar-refractivity contribution in [2.24, 2.45) is 5.92 Å². The van der Waals surface area contributed by atoms with Gasteiger partial charge in [-0.1, -0.05) is 26.3 Å². The number of carbonyl (C=O) groups excluding carboxylic acids is 1. The van der Waals surface area contributed by atoms with Gasteiger partial charge in [0, 0.05) is 10.9 Å². The number of ether oxygens (including phenoxy) is 1. The first kappa shape index (κ1) is 15.4. The van der Waals surface area contributed by atoms with Gasteiger partial charge in [-0.2, -0.15) is 0 Å². The lowest BCUT2D eigenvalue weighted by Crippen LogP contribution is -2.42. The molecule has 0 saturated heterocycles. The quantitative estimate of drug-likeness (QED) is 0.764. The number of aliphatic hydroxyl groups excluding tert-OH is 1. The SMILES string of the molecule is CC[C@@H](C)[C@@H](CO)NC(=O)c1cc2c(OC)cccc2[nH]1. The number of carbonyl (C=O) groups is 1. The molecule has 2 rings (SSSR count). The van der Waals surface area contributed by atoms with E-state index in [4.69, 9.17) is 4.74 Å². The second kappa shape index (κ2) is 6.63. The Balaban J connectivity index is 2.23. The number of aromatic amines is 1. The van der Waals surface area contributed by atoms with Crippen LogP contribution < -0.4 is 10.1 Å². The summed E-state index contributed by atoms with van der Waals surface area (Å²) >= 11 is 0. The topological polar surface area (TPSA) is 74.3 Å². The molecule has 2 atom stereocenters. The molecule has 5 heteroatoms. The third kappa shape index (κ3) is 3.19. The minimum Gasteiger partial charge on any atom is -0.496 e. The summed E-state index contributed by atoms with van der Waals surface area (Å²) in [6.07, 6.45) is 0.895. The number of nitrogens with one attached hydrogen (secondary N) is 2. The van der Waals surface area contributed by atoms with Crippen LogP contribution >= 0.6 is 0 Å². The number of methoxy groups -OCH3 is 1. The Hall–Kier alpha value is -2.01. The van der Waals surface area contributed by atoms with Gasteiger partial charge in [0.15, 0.2) is 0 Å². The number of aromatic nitrogens is 1. The summed E-state index contributed by atoms with van der Waals surface area (Å²) in [5, 5.41) is 13.1. The highest BCUT2D eigenvalue weighted by molar-refractivity contribution is 5.99. The van der Waals surface area contributed by atoms with E-state index in [0.29, 0.717) is 5.69 Å². The number of rotatable bonds is 6. The molecule has 0 spiro atoms. The smallest absolute Gasteiger partial charge is 0.268 e. The fourth-order valence-electron chi connectivity index (χ4n) is 2.33. The molecular weight excluding hydrogens is 268 g/mol. The lowest BCUT2D eigenvalue weighted by Gasteiger charge is -2.21. The average Bonchev–Trinajstić information content (AvgIpc) is 2.95. The summed E-state index contributed by atoms with van der Waals surface area (Å²) in [6, 6.07) is 7.15. The number of fused-ring (bicyclic) bond motifs is 1. The van der Waals surface area contributed by atoms with Crippen LogP contribution in [0.15, 0.2) is 24.3 Å². The zero-order chi connectivity index (χ0) is 15.4. The molecule has 0 radical (unpaired) electrons. The first-order chi connectivity index (χ1) is 10.1. The van der Waals surface area contributed by atoms with Crippen molar-refractivity contribution in [3.8, 4) is 5.75 Å². The van der Waals surface area contributed by atoms with Crippen LogP contribution in [0.4, 0.5) is 0 Å². The van der Waals surface area contributed by atoms with Crippen LogP contribution in [0.25, 0.3) is 10.9 Å². The number of hydrogen-bond acceptors (Lipinski definition) is 3. The Morgan fingerprint density at radius 1 is 1.48 bits per heavy atom. The molecule has 1 heterocycles. The van der Waals surface area contributed by atoms with E-state index in [9.17, 15) is 9.90 Å². The molecule has 0 bridgehead atoms. The van der Waals surface area contributed by atoms with Crippen LogP contribution in [0, 0.1) is 5.92 Å². The van der Waals surface area contributed by atoms with E-state index in [2.05, 4.69) is 10.3 Å². The first-order valence-electron chi connectivity index (χ1n) is 7.18. The summed E-state index contributed by atoms with van der Waals surface area (Å²) < 4.78 is 5.29. The van der Waals surface area contributed by atoms with Crippen LogP contribution in [-0.4, -0.2) is 35.8 Å². The zero-order valence-electron chi connectivity index (χ0n) is 12.6.